The van der Waals surface area contributed by atoms with Crippen LogP contribution in [-0.2, 0) is 12.0 Å². The lowest BCUT2D eigenvalue weighted by atomic mass is 9.96. The molecule has 1 fully saturated rings. The average molecular weight is 416 g/mol. The Labute approximate surface area is 177 Å². The van der Waals surface area contributed by atoms with Crippen molar-refractivity contribution in [1.29, 1.82) is 0 Å². The molecule has 1 aliphatic rings. The molecule has 2 N–H and O–H groups in total. The number of halogens is 1. The molecule has 0 saturated heterocycles. The van der Waals surface area contributed by atoms with Gasteiger partial charge in [0.25, 0.3) is 0 Å². The quantitative estimate of drug-likeness (QED) is 0.484. The lowest BCUT2D eigenvalue weighted by molar-refractivity contribution is 0.322. The van der Waals surface area contributed by atoms with Gasteiger partial charge in [0.1, 0.15) is 5.82 Å². The number of guanidine groups is 1. The van der Waals surface area contributed by atoms with Gasteiger partial charge in [0, 0.05) is 24.1 Å². The Hall–Kier alpha value is -2.96. The Morgan fingerprint density at radius 2 is 1.80 bits per heavy atom. The van der Waals surface area contributed by atoms with E-state index in [-0.39, 0.29) is 11.2 Å². The zero-order valence-electron chi connectivity index (χ0n) is 18.0. The van der Waals surface area contributed by atoms with Gasteiger partial charge in [-0.1, -0.05) is 12.1 Å². The topological polar surface area (TPSA) is 64.1 Å². The van der Waals surface area contributed by atoms with E-state index in [1.807, 2.05) is 25.1 Å². The first kappa shape index (κ1) is 21.7. The lowest BCUT2D eigenvalue weighted by Gasteiger charge is -2.19. The van der Waals surface area contributed by atoms with Crippen molar-refractivity contribution in [3.05, 3.63) is 53.3 Å². The number of hydrogen-bond acceptors (Lipinski definition) is 4. The lowest BCUT2D eigenvalue weighted by Crippen LogP contribution is -2.41. The second-order valence-corrected chi connectivity index (χ2v) is 7.33. The Morgan fingerprint density at radius 3 is 2.40 bits per heavy atom. The first-order valence-corrected chi connectivity index (χ1v) is 10.1. The highest BCUT2D eigenvalue weighted by molar-refractivity contribution is 5.80. The first-order valence-electron chi connectivity index (χ1n) is 10.1. The molecule has 3 rings (SSSR count). The summed E-state index contributed by atoms with van der Waals surface area (Å²) in [5.74, 6) is 2.28. The number of nitrogens with one attached hydrogen (secondary N) is 2. The average Bonchev–Trinajstić information content (AvgIpc) is 3.56. The van der Waals surface area contributed by atoms with Gasteiger partial charge in [-0.3, -0.25) is 0 Å². The van der Waals surface area contributed by atoms with Crippen LogP contribution in [0.3, 0.4) is 0 Å². The SMILES string of the molecule is CCNC(=NCc1ccc(OC)c(OC)c1OC)NCC1(c2cccc(F)c2)CC1. The van der Waals surface area contributed by atoms with Crippen molar-refractivity contribution in [3.8, 4) is 17.2 Å². The summed E-state index contributed by atoms with van der Waals surface area (Å²) in [5.41, 5.74) is 1.89. The second kappa shape index (κ2) is 9.69. The highest BCUT2D eigenvalue weighted by Gasteiger charge is 2.44. The van der Waals surface area contributed by atoms with Crippen molar-refractivity contribution in [2.24, 2.45) is 4.99 Å². The minimum atomic E-state index is -0.195. The number of hydrogen-bond donors (Lipinski definition) is 2. The predicted octanol–water partition coefficient (Wildman–Crippen LogP) is 3.64. The number of methoxy groups -OCH3 is 3. The summed E-state index contributed by atoms with van der Waals surface area (Å²) >= 11 is 0. The van der Waals surface area contributed by atoms with Crippen LogP contribution in [0.4, 0.5) is 4.39 Å². The molecule has 0 heterocycles. The van der Waals surface area contributed by atoms with Crippen molar-refractivity contribution >= 4 is 5.96 Å². The summed E-state index contributed by atoms with van der Waals surface area (Å²) in [6.45, 7) is 3.87. The highest BCUT2D eigenvalue weighted by atomic mass is 19.1. The van der Waals surface area contributed by atoms with Crippen LogP contribution in [0.15, 0.2) is 41.4 Å². The molecule has 0 unspecified atom stereocenters. The van der Waals surface area contributed by atoms with E-state index in [0.717, 1.165) is 30.5 Å². The molecule has 1 saturated carbocycles. The van der Waals surface area contributed by atoms with Crippen molar-refractivity contribution in [2.45, 2.75) is 31.7 Å². The monoisotopic (exact) mass is 415 g/mol. The molecule has 0 atom stereocenters. The Kier molecular flexibility index (Phi) is 7.03. The molecule has 30 heavy (non-hydrogen) atoms. The molecule has 0 radical (unpaired) electrons. The Morgan fingerprint density at radius 1 is 1.03 bits per heavy atom. The largest absolute Gasteiger partial charge is 0.493 e. The molecule has 2 aromatic rings. The van der Waals surface area contributed by atoms with Crippen LogP contribution >= 0.6 is 0 Å². The van der Waals surface area contributed by atoms with E-state index < -0.39 is 0 Å². The van der Waals surface area contributed by atoms with E-state index in [1.54, 1.807) is 33.5 Å². The van der Waals surface area contributed by atoms with Crippen molar-refractivity contribution in [1.82, 2.24) is 10.6 Å². The summed E-state index contributed by atoms with van der Waals surface area (Å²) in [4.78, 5) is 4.71. The molecule has 7 heteroatoms. The summed E-state index contributed by atoms with van der Waals surface area (Å²) in [6.07, 6.45) is 2.07. The van der Waals surface area contributed by atoms with Gasteiger partial charge in [-0.2, -0.15) is 0 Å². The van der Waals surface area contributed by atoms with Crippen LogP contribution in [0.2, 0.25) is 0 Å². The van der Waals surface area contributed by atoms with Crippen molar-refractivity contribution < 1.29 is 18.6 Å². The predicted molar refractivity (Wildman–Crippen MR) is 116 cm³/mol. The van der Waals surface area contributed by atoms with Gasteiger partial charge in [0.05, 0.1) is 27.9 Å². The van der Waals surface area contributed by atoms with Crippen molar-refractivity contribution in [3.63, 3.8) is 0 Å². The van der Waals surface area contributed by atoms with Gasteiger partial charge >= 0.3 is 0 Å². The van der Waals surface area contributed by atoms with Gasteiger partial charge in [0.15, 0.2) is 17.5 Å². The maximum Gasteiger partial charge on any atom is 0.203 e. The summed E-state index contributed by atoms with van der Waals surface area (Å²) in [7, 11) is 4.78. The van der Waals surface area contributed by atoms with Crippen LogP contribution < -0.4 is 24.8 Å². The molecular formula is C23H30FN3O3. The number of ether oxygens (including phenoxy) is 3. The molecule has 0 amide bonds. The minimum Gasteiger partial charge on any atom is -0.493 e. The van der Waals surface area contributed by atoms with Crippen LogP contribution in [0, 0.1) is 5.82 Å². The molecular weight excluding hydrogens is 385 g/mol. The van der Waals surface area contributed by atoms with Gasteiger partial charge in [0.2, 0.25) is 5.75 Å². The molecule has 162 valence electrons. The summed E-state index contributed by atoms with van der Waals surface area (Å²) in [6, 6.07) is 10.6. The van der Waals surface area contributed by atoms with Crippen LogP contribution in [0.25, 0.3) is 0 Å². The van der Waals surface area contributed by atoms with E-state index in [1.165, 1.54) is 6.07 Å². The zero-order chi connectivity index (χ0) is 21.6. The third-order valence-corrected chi connectivity index (χ3v) is 5.42. The molecule has 0 aliphatic heterocycles. The molecule has 0 bridgehead atoms. The van der Waals surface area contributed by atoms with E-state index in [9.17, 15) is 4.39 Å². The number of aliphatic imine (C=N–C) groups is 1. The summed E-state index contributed by atoms with van der Waals surface area (Å²) < 4.78 is 30.0. The zero-order valence-corrected chi connectivity index (χ0v) is 18.0. The first-order chi connectivity index (χ1) is 14.6. The minimum absolute atomic E-state index is 0.0285. The van der Waals surface area contributed by atoms with Gasteiger partial charge < -0.3 is 24.8 Å². The Balaban J connectivity index is 1.74. The number of rotatable bonds is 9. The Bertz CT molecular complexity index is 897. The van der Waals surface area contributed by atoms with E-state index >= 15 is 0 Å². The number of benzene rings is 2. The van der Waals surface area contributed by atoms with E-state index in [0.29, 0.717) is 36.3 Å². The fourth-order valence-corrected chi connectivity index (χ4v) is 3.58. The van der Waals surface area contributed by atoms with Crippen molar-refractivity contribution in [2.75, 3.05) is 34.4 Å². The highest BCUT2D eigenvalue weighted by Crippen LogP contribution is 2.47. The number of nitrogens with zero attached hydrogens (tertiary/aromatic N) is 1. The maximum atomic E-state index is 13.7. The van der Waals surface area contributed by atoms with Crippen LogP contribution in [-0.4, -0.2) is 40.4 Å². The smallest absolute Gasteiger partial charge is 0.203 e. The van der Waals surface area contributed by atoms with Gasteiger partial charge in [-0.15, -0.1) is 0 Å². The van der Waals surface area contributed by atoms with Crippen LogP contribution in [0.5, 0.6) is 17.2 Å². The molecule has 0 spiro atoms. The maximum absolute atomic E-state index is 13.7. The van der Waals surface area contributed by atoms with Gasteiger partial charge in [-0.25, -0.2) is 9.38 Å². The summed E-state index contributed by atoms with van der Waals surface area (Å²) in [5, 5.41) is 6.69. The third kappa shape index (κ3) is 4.78. The fraction of sp³-hybridized carbons (Fsp3) is 0.435. The standard InChI is InChI=1S/C23H30FN3O3/c1-5-25-22(27-15-23(11-12-23)17-7-6-8-18(24)13-17)26-14-16-9-10-19(28-2)21(30-4)20(16)29-3/h6-10,13H,5,11-12,14-15H2,1-4H3,(H2,25,26,27). The molecule has 2 aromatic carbocycles. The molecule has 0 aromatic heterocycles. The molecule has 1 aliphatic carbocycles. The normalized spacial score (nSPS) is 14.8. The third-order valence-electron chi connectivity index (χ3n) is 5.42. The van der Waals surface area contributed by atoms with Crippen LogP contribution in [0.1, 0.15) is 30.9 Å². The van der Waals surface area contributed by atoms with E-state index in [4.69, 9.17) is 19.2 Å². The fourth-order valence-electron chi connectivity index (χ4n) is 3.58. The molecule has 6 nitrogen and oxygen atoms in total. The van der Waals surface area contributed by atoms with Gasteiger partial charge in [-0.05, 0) is 49.6 Å². The van der Waals surface area contributed by atoms with E-state index in [2.05, 4.69) is 10.6 Å². The second-order valence-electron chi connectivity index (χ2n) is 7.33.